The average Bonchev–Trinajstić information content (AvgIpc) is 3.05. The third kappa shape index (κ3) is 3.16. The molecule has 1 aliphatic heterocycles. The number of hydrogen-bond donors (Lipinski definition) is 0. The maximum Gasteiger partial charge on any atom is 0.240 e. The number of rotatable bonds is 4. The highest BCUT2D eigenvalue weighted by atomic mass is 32.2. The number of nitrogens with zero attached hydrogens (tertiary/aromatic N) is 3. The van der Waals surface area contributed by atoms with Gasteiger partial charge < -0.3 is 9.26 Å². The fourth-order valence-electron chi connectivity index (χ4n) is 2.79. The van der Waals surface area contributed by atoms with Gasteiger partial charge in [-0.3, -0.25) is 4.90 Å². The van der Waals surface area contributed by atoms with Crippen molar-refractivity contribution >= 4 is 23.5 Å². The molecule has 5 nitrogen and oxygen atoms in total. The molecule has 2 heterocycles. The van der Waals surface area contributed by atoms with Crippen LogP contribution in [-0.2, 0) is 16.9 Å². The van der Waals surface area contributed by atoms with Gasteiger partial charge in [-0.25, -0.2) is 0 Å². The molecule has 0 atom stereocenters. The van der Waals surface area contributed by atoms with E-state index in [0.717, 1.165) is 37.0 Å². The maximum atomic E-state index is 5.70. The second kappa shape index (κ2) is 6.68. The molecule has 0 N–H and O–H groups in total. The Bertz CT molecular complexity index is 427. The SMILES string of the molecule is COC1(c2noc(CN3CSCCSC3)n2)CCCC1. The Labute approximate surface area is 128 Å². The summed E-state index contributed by atoms with van der Waals surface area (Å²) in [5.41, 5.74) is -0.302. The van der Waals surface area contributed by atoms with Crippen molar-refractivity contribution < 1.29 is 9.26 Å². The predicted molar refractivity (Wildman–Crippen MR) is 81.6 cm³/mol. The van der Waals surface area contributed by atoms with Crippen molar-refractivity contribution in [3.63, 3.8) is 0 Å². The molecular weight excluding hydrogens is 294 g/mol. The average molecular weight is 315 g/mol. The van der Waals surface area contributed by atoms with Crippen molar-refractivity contribution in [2.45, 2.75) is 37.8 Å². The van der Waals surface area contributed by atoms with Gasteiger partial charge in [0.25, 0.3) is 0 Å². The molecule has 2 aliphatic rings. The van der Waals surface area contributed by atoms with Crippen LogP contribution in [0.2, 0.25) is 0 Å². The van der Waals surface area contributed by atoms with E-state index in [1.807, 2.05) is 23.5 Å². The first-order valence-electron chi connectivity index (χ1n) is 7.08. The molecule has 1 saturated heterocycles. The first-order chi connectivity index (χ1) is 9.82. The summed E-state index contributed by atoms with van der Waals surface area (Å²) in [6, 6.07) is 0. The zero-order chi connectivity index (χ0) is 13.8. The first kappa shape index (κ1) is 14.7. The highest BCUT2D eigenvalue weighted by Crippen LogP contribution is 2.40. The Morgan fingerprint density at radius 3 is 2.60 bits per heavy atom. The third-order valence-electron chi connectivity index (χ3n) is 3.96. The Morgan fingerprint density at radius 2 is 1.95 bits per heavy atom. The lowest BCUT2D eigenvalue weighted by atomic mass is 10.0. The Hall–Kier alpha value is -0.240. The predicted octanol–water partition coefficient (Wildman–Crippen LogP) is 2.68. The summed E-state index contributed by atoms with van der Waals surface area (Å²) < 4.78 is 11.1. The fourth-order valence-corrected chi connectivity index (χ4v) is 4.99. The molecule has 112 valence electrons. The van der Waals surface area contributed by atoms with Gasteiger partial charge in [-0.1, -0.05) is 5.16 Å². The van der Waals surface area contributed by atoms with Crippen LogP contribution in [0.1, 0.15) is 37.4 Å². The molecule has 0 radical (unpaired) electrons. The van der Waals surface area contributed by atoms with Gasteiger partial charge in [-0.05, 0) is 25.7 Å². The van der Waals surface area contributed by atoms with Crippen LogP contribution in [0.25, 0.3) is 0 Å². The van der Waals surface area contributed by atoms with Crippen molar-refractivity contribution in [1.29, 1.82) is 0 Å². The molecule has 7 heteroatoms. The molecular formula is C13H21N3O2S2. The van der Waals surface area contributed by atoms with Crippen molar-refractivity contribution in [2.75, 3.05) is 30.4 Å². The largest absolute Gasteiger partial charge is 0.370 e. The lowest BCUT2D eigenvalue weighted by Crippen LogP contribution is -2.26. The maximum absolute atomic E-state index is 5.70. The lowest BCUT2D eigenvalue weighted by Gasteiger charge is -2.22. The molecule has 0 unspecified atom stereocenters. The first-order valence-corrected chi connectivity index (χ1v) is 9.39. The van der Waals surface area contributed by atoms with Gasteiger partial charge in [0.2, 0.25) is 11.7 Å². The van der Waals surface area contributed by atoms with Gasteiger partial charge in [0.05, 0.1) is 6.54 Å². The zero-order valence-corrected chi connectivity index (χ0v) is 13.5. The van der Waals surface area contributed by atoms with Crippen molar-refractivity contribution in [1.82, 2.24) is 15.0 Å². The summed E-state index contributed by atoms with van der Waals surface area (Å²) in [4.78, 5) is 6.95. The number of methoxy groups -OCH3 is 1. The quantitative estimate of drug-likeness (QED) is 0.846. The fraction of sp³-hybridized carbons (Fsp3) is 0.846. The van der Waals surface area contributed by atoms with Crippen molar-refractivity contribution in [3.05, 3.63) is 11.7 Å². The van der Waals surface area contributed by atoms with Crippen LogP contribution in [0.15, 0.2) is 4.52 Å². The van der Waals surface area contributed by atoms with E-state index in [9.17, 15) is 0 Å². The Morgan fingerprint density at radius 1 is 1.25 bits per heavy atom. The van der Waals surface area contributed by atoms with Gasteiger partial charge in [-0.2, -0.15) is 4.98 Å². The molecule has 20 heavy (non-hydrogen) atoms. The van der Waals surface area contributed by atoms with E-state index in [2.05, 4.69) is 15.0 Å². The van der Waals surface area contributed by atoms with Crippen LogP contribution < -0.4 is 0 Å². The summed E-state index contributed by atoms with van der Waals surface area (Å²) in [7, 11) is 1.75. The molecule has 2 fully saturated rings. The summed E-state index contributed by atoms with van der Waals surface area (Å²) in [6.07, 6.45) is 4.35. The topological polar surface area (TPSA) is 51.4 Å². The van der Waals surface area contributed by atoms with Crippen LogP contribution in [0.3, 0.4) is 0 Å². The van der Waals surface area contributed by atoms with Crippen LogP contribution >= 0.6 is 23.5 Å². The van der Waals surface area contributed by atoms with E-state index in [4.69, 9.17) is 9.26 Å². The zero-order valence-electron chi connectivity index (χ0n) is 11.8. The van der Waals surface area contributed by atoms with Gasteiger partial charge in [-0.15, -0.1) is 23.5 Å². The smallest absolute Gasteiger partial charge is 0.240 e. The van der Waals surface area contributed by atoms with Crippen LogP contribution in [0, 0.1) is 0 Å². The summed E-state index contributed by atoms with van der Waals surface area (Å²) in [6.45, 7) is 0.743. The minimum absolute atomic E-state index is 0.302. The molecule has 0 aromatic carbocycles. The molecule has 0 amide bonds. The Kier molecular flexibility index (Phi) is 4.91. The van der Waals surface area contributed by atoms with E-state index < -0.39 is 0 Å². The standard InChI is InChI=1S/C13H21N3O2S2/c1-17-13(4-2-3-5-13)12-14-11(18-15-12)8-16-9-19-6-7-20-10-16/h2-10H2,1H3. The second-order valence-corrected chi connectivity index (χ2v) is 7.47. The third-order valence-corrected chi connectivity index (χ3v) is 6.30. The molecule has 1 aromatic rings. The molecule has 1 saturated carbocycles. The summed E-state index contributed by atoms with van der Waals surface area (Å²) >= 11 is 3.94. The molecule has 0 bridgehead atoms. The molecule has 0 spiro atoms. The summed E-state index contributed by atoms with van der Waals surface area (Å²) in [5.74, 6) is 5.99. The highest BCUT2D eigenvalue weighted by Gasteiger charge is 2.40. The van der Waals surface area contributed by atoms with Crippen LogP contribution in [0.5, 0.6) is 0 Å². The van der Waals surface area contributed by atoms with Gasteiger partial charge in [0.1, 0.15) is 5.60 Å². The van der Waals surface area contributed by atoms with E-state index >= 15 is 0 Å². The normalized spacial score (nSPS) is 23.9. The van der Waals surface area contributed by atoms with Gasteiger partial charge >= 0.3 is 0 Å². The number of ether oxygens (including phenoxy) is 1. The monoisotopic (exact) mass is 315 g/mol. The van der Waals surface area contributed by atoms with Gasteiger partial charge in [0, 0.05) is 30.4 Å². The minimum atomic E-state index is -0.302. The number of thioether (sulfide) groups is 2. The Balaban J connectivity index is 1.66. The number of aromatic nitrogens is 2. The van der Waals surface area contributed by atoms with Gasteiger partial charge in [0.15, 0.2) is 0 Å². The van der Waals surface area contributed by atoms with E-state index in [-0.39, 0.29) is 5.60 Å². The van der Waals surface area contributed by atoms with Crippen LogP contribution in [-0.4, -0.2) is 45.4 Å². The van der Waals surface area contributed by atoms with E-state index in [1.54, 1.807) is 7.11 Å². The minimum Gasteiger partial charge on any atom is -0.370 e. The lowest BCUT2D eigenvalue weighted by molar-refractivity contribution is -0.0178. The molecule has 3 rings (SSSR count). The van der Waals surface area contributed by atoms with Crippen molar-refractivity contribution in [3.8, 4) is 0 Å². The van der Waals surface area contributed by atoms with E-state index in [0.29, 0.717) is 5.89 Å². The van der Waals surface area contributed by atoms with Crippen LogP contribution in [0.4, 0.5) is 0 Å². The highest BCUT2D eigenvalue weighted by molar-refractivity contribution is 8.03. The number of hydrogen-bond acceptors (Lipinski definition) is 7. The summed E-state index contributed by atoms with van der Waals surface area (Å²) in [5, 5.41) is 4.18. The van der Waals surface area contributed by atoms with Crippen molar-refractivity contribution in [2.24, 2.45) is 0 Å². The second-order valence-electron chi connectivity index (χ2n) is 5.32. The molecule has 1 aromatic heterocycles. The van der Waals surface area contributed by atoms with E-state index in [1.165, 1.54) is 24.3 Å². The molecule has 1 aliphatic carbocycles.